The fourth-order valence-corrected chi connectivity index (χ4v) is 1.79. The van der Waals surface area contributed by atoms with E-state index in [1.54, 1.807) is 0 Å². The van der Waals surface area contributed by atoms with Gasteiger partial charge in [-0.1, -0.05) is 0 Å². The highest BCUT2D eigenvalue weighted by Gasteiger charge is 2.17. The molecule has 1 aromatic rings. The number of esters is 1. The maximum Gasteiger partial charge on any atom is 0.339 e. The summed E-state index contributed by atoms with van der Waals surface area (Å²) in [6.45, 7) is 1.49. The summed E-state index contributed by atoms with van der Waals surface area (Å²) in [6, 6.07) is 4.85. The molecule has 1 rings (SSSR count). The van der Waals surface area contributed by atoms with Crippen LogP contribution >= 0.6 is 15.9 Å². The number of carbonyl (C=O) groups is 1. The number of methoxy groups -OCH3 is 2. The van der Waals surface area contributed by atoms with Crippen LogP contribution in [0.2, 0.25) is 0 Å². The first-order valence-electron chi connectivity index (χ1n) is 5.05. The van der Waals surface area contributed by atoms with Crippen molar-refractivity contribution in [2.24, 2.45) is 0 Å². The second-order valence-electron chi connectivity index (χ2n) is 3.37. The zero-order valence-electron chi connectivity index (χ0n) is 10.2. The van der Waals surface area contributed by atoms with Crippen LogP contribution in [0.25, 0.3) is 0 Å². The molecule has 0 aromatic heterocycles. The molecule has 0 aliphatic carbocycles. The van der Waals surface area contributed by atoms with Gasteiger partial charge in [0, 0.05) is 0 Å². The fraction of sp³-hybridized carbons (Fsp3) is 0.333. The molecular formula is C12H12BrNO4. The monoisotopic (exact) mass is 313 g/mol. The van der Waals surface area contributed by atoms with Crippen molar-refractivity contribution in [2.45, 2.75) is 13.0 Å². The normalized spacial score (nSPS) is 11.3. The summed E-state index contributed by atoms with van der Waals surface area (Å²) < 4.78 is 15.7. The number of hydrogen-bond acceptors (Lipinski definition) is 5. The van der Waals surface area contributed by atoms with E-state index in [0.717, 1.165) is 0 Å². The third kappa shape index (κ3) is 3.14. The van der Waals surface area contributed by atoms with Crippen LogP contribution in [0.3, 0.4) is 0 Å². The zero-order chi connectivity index (χ0) is 13.7. The first-order valence-corrected chi connectivity index (χ1v) is 5.85. The lowest BCUT2D eigenvalue weighted by Gasteiger charge is -2.11. The van der Waals surface area contributed by atoms with Gasteiger partial charge in [-0.2, -0.15) is 5.26 Å². The Morgan fingerprint density at radius 1 is 1.33 bits per heavy atom. The maximum absolute atomic E-state index is 11.8. The van der Waals surface area contributed by atoms with Crippen LogP contribution in [0.1, 0.15) is 17.3 Å². The maximum atomic E-state index is 11.8. The molecule has 1 aromatic carbocycles. The molecule has 0 aliphatic heterocycles. The highest BCUT2D eigenvalue weighted by molar-refractivity contribution is 9.10. The van der Waals surface area contributed by atoms with Crippen molar-refractivity contribution in [3.05, 3.63) is 22.2 Å². The fourth-order valence-electron chi connectivity index (χ4n) is 1.24. The number of rotatable bonds is 4. The van der Waals surface area contributed by atoms with Crippen molar-refractivity contribution in [1.29, 1.82) is 5.26 Å². The zero-order valence-corrected chi connectivity index (χ0v) is 11.8. The topological polar surface area (TPSA) is 68.5 Å². The molecule has 6 heteroatoms. The summed E-state index contributed by atoms with van der Waals surface area (Å²) in [4.78, 5) is 11.8. The van der Waals surface area contributed by atoms with Gasteiger partial charge in [0.2, 0.25) is 0 Å². The van der Waals surface area contributed by atoms with E-state index < -0.39 is 12.1 Å². The van der Waals surface area contributed by atoms with Gasteiger partial charge in [0.25, 0.3) is 0 Å². The Hall–Kier alpha value is -1.74. The molecule has 0 radical (unpaired) electrons. The Morgan fingerprint density at radius 2 is 1.83 bits per heavy atom. The van der Waals surface area contributed by atoms with Crippen LogP contribution in [-0.4, -0.2) is 26.3 Å². The van der Waals surface area contributed by atoms with E-state index in [1.807, 2.05) is 6.07 Å². The van der Waals surface area contributed by atoms with Crippen LogP contribution in [0.5, 0.6) is 11.5 Å². The minimum Gasteiger partial charge on any atom is -0.495 e. The van der Waals surface area contributed by atoms with E-state index in [1.165, 1.54) is 33.3 Å². The molecule has 1 atom stereocenters. The second kappa shape index (κ2) is 6.26. The lowest BCUT2D eigenvalue weighted by molar-refractivity contribution is 0.0434. The Kier molecular flexibility index (Phi) is 4.98. The van der Waals surface area contributed by atoms with Gasteiger partial charge < -0.3 is 14.2 Å². The van der Waals surface area contributed by atoms with E-state index in [9.17, 15) is 4.79 Å². The molecule has 96 valence electrons. The van der Waals surface area contributed by atoms with Crippen molar-refractivity contribution >= 4 is 21.9 Å². The Bertz CT molecular complexity index is 470. The van der Waals surface area contributed by atoms with Crippen molar-refractivity contribution in [1.82, 2.24) is 0 Å². The molecule has 0 N–H and O–H groups in total. The predicted octanol–water partition coefficient (Wildman–Crippen LogP) is 2.54. The molecule has 0 saturated heterocycles. The number of nitriles is 1. The van der Waals surface area contributed by atoms with E-state index in [-0.39, 0.29) is 5.56 Å². The van der Waals surface area contributed by atoms with Crippen molar-refractivity contribution < 1.29 is 19.0 Å². The molecule has 0 unspecified atom stereocenters. The lowest BCUT2D eigenvalue weighted by atomic mass is 10.2. The van der Waals surface area contributed by atoms with E-state index in [0.29, 0.717) is 16.0 Å². The molecule has 0 saturated carbocycles. The minimum absolute atomic E-state index is 0.258. The average molecular weight is 314 g/mol. The third-order valence-corrected chi connectivity index (χ3v) is 2.93. The molecule has 18 heavy (non-hydrogen) atoms. The first-order chi connectivity index (χ1) is 8.53. The summed E-state index contributed by atoms with van der Waals surface area (Å²) in [5.41, 5.74) is 0.258. The van der Waals surface area contributed by atoms with Crippen LogP contribution < -0.4 is 9.47 Å². The van der Waals surface area contributed by atoms with Crippen LogP contribution in [-0.2, 0) is 4.74 Å². The van der Waals surface area contributed by atoms with Crippen LogP contribution in [0, 0.1) is 11.3 Å². The van der Waals surface area contributed by atoms with E-state index in [2.05, 4.69) is 15.9 Å². The van der Waals surface area contributed by atoms with Gasteiger partial charge in [-0.3, -0.25) is 0 Å². The predicted molar refractivity (Wildman–Crippen MR) is 67.7 cm³/mol. The molecule has 0 bridgehead atoms. The van der Waals surface area contributed by atoms with Gasteiger partial charge in [0.15, 0.2) is 6.10 Å². The highest BCUT2D eigenvalue weighted by Crippen LogP contribution is 2.35. The summed E-state index contributed by atoms with van der Waals surface area (Å²) in [6.07, 6.45) is -0.807. The van der Waals surface area contributed by atoms with Gasteiger partial charge in [-0.25, -0.2) is 4.79 Å². The number of carbonyl (C=O) groups excluding carboxylic acids is 1. The summed E-state index contributed by atoms with van der Waals surface area (Å²) in [5, 5.41) is 8.59. The standard InChI is InChI=1S/C12H12BrNO4/c1-7(6-14)18-12(15)8-4-9(16-2)11(13)10(5-8)17-3/h4-5,7H,1-3H3/t7-/m1/s1. The molecule has 0 aliphatic rings. The van der Waals surface area contributed by atoms with Gasteiger partial charge in [0.1, 0.15) is 22.0 Å². The Labute approximate surface area is 113 Å². The average Bonchev–Trinajstić information content (AvgIpc) is 2.38. The summed E-state index contributed by atoms with van der Waals surface area (Å²) in [7, 11) is 2.96. The van der Waals surface area contributed by atoms with Gasteiger partial charge >= 0.3 is 5.97 Å². The van der Waals surface area contributed by atoms with Crippen LogP contribution in [0.15, 0.2) is 16.6 Å². The smallest absolute Gasteiger partial charge is 0.339 e. The van der Waals surface area contributed by atoms with Gasteiger partial charge in [-0.05, 0) is 35.0 Å². The van der Waals surface area contributed by atoms with Gasteiger partial charge in [-0.15, -0.1) is 0 Å². The lowest BCUT2D eigenvalue weighted by Crippen LogP contribution is -2.13. The quantitative estimate of drug-likeness (QED) is 0.799. The number of benzene rings is 1. The Balaban J connectivity index is 3.10. The van der Waals surface area contributed by atoms with E-state index in [4.69, 9.17) is 19.5 Å². The molecule has 0 spiro atoms. The van der Waals surface area contributed by atoms with Crippen molar-refractivity contribution in [3.8, 4) is 17.6 Å². The van der Waals surface area contributed by atoms with Gasteiger partial charge in [0.05, 0.1) is 19.8 Å². The van der Waals surface area contributed by atoms with E-state index >= 15 is 0 Å². The van der Waals surface area contributed by atoms with Crippen molar-refractivity contribution in [2.75, 3.05) is 14.2 Å². The Morgan fingerprint density at radius 3 is 2.22 bits per heavy atom. The number of nitrogens with zero attached hydrogens (tertiary/aromatic N) is 1. The largest absolute Gasteiger partial charge is 0.495 e. The number of halogens is 1. The molecule has 0 fully saturated rings. The molecular weight excluding hydrogens is 302 g/mol. The molecule has 0 heterocycles. The first kappa shape index (κ1) is 14.3. The molecule has 0 amide bonds. The minimum atomic E-state index is -0.807. The van der Waals surface area contributed by atoms with Crippen molar-refractivity contribution in [3.63, 3.8) is 0 Å². The highest BCUT2D eigenvalue weighted by atomic mass is 79.9. The summed E-state index contributed by atoms with van der Waals surface area (Å²) >= 11 is 3.29. The second-order valence-corrected chi connectivity index (χ2v) is 4.16. The van der Waals surface area contributed by atoms with Crippen LogP contribution in [0.4, 0.5) is 0 Å². The SMILES string of the molecule is COc1cc(C(=O)O[C@H](C)C#N)cc(OC)c1Br. The number of hydrogen-bond donors (Lipinski definition) is 0. The molecule has 5 nitrogen and oxygen atoms in total. The summed E-state index contributed by atoms with van der Waals surface area (Å²) in [5.74, 6) is 0.296. The third-order valence-electron chi connectivity index (χ3n) is 2.15. The number of ether oxygens (including phenoxy) is 3.